The van der Waals surface area contributed by atoms with Gasteiger partial charge in [-0.1, -0.05) is 0 Å². The van der Waals surface area contributed by atoms with E-state index in [1.165, 1.54) is 14.2 Å². The molecule has 5 nitrogen and oxygen atoms in total. The third kappa shape index (κ3) is 1.28. The first-order valence-electron chi connectivity index (χ1n) is 5.02. The summed E-state index contributed by atoms with van der Waals surface area (Å²) in [6.07, 6.45) is 0. The quantitative estimate of drug-likeness (QED) is 0.703. The summed E-state index contributed by atoms with van der Waals surface area (Å²) in [4.78, 5) is 2.02. The Labute approximate surface area is 91.5 Å². The van der Waals surface area contributed by atoms with Gasteiger partial charge < -0.3 is 14.7 Å². The van der Waals surface area contributed by atoms with Crippen LogP contribution in [0, 0.1) is 0 Å². The molecule has 1 aliphatic heterocycles. The lowest BCUT2D eigenvalue weighted by Gasteiger charge is -2.41. The molecule has 1 rings (SSSR count). The molecular weight excluding hydrogens is 196 g/mol. The fourth-order valence-electron chi connectivity index (χ4n) is 2.41. The van der Waals surface area contributed by atoms with Crippen molar-refractivity contribution in [2.45, 2.75) is 44.8 Å². The molecule has 1 heterocycles. The van der Waals surface area contributed by atoms with Crippen molar-refractivity contribution in [3.63, 3.8) is 0 Å². The molecule has 0 aromatic carbocycles. The zero-order valence-corrected chi connectivity index (χ0v) is 10.7. The Bertz CT molecular complexity index is 249. The SMILES string of the molecule is COC1(OC)N(O)C(C)(C)N(C)C1(C)C. The molecule has 0 amide bonds. The molecule has 0 radical (unpaired) electrons. The Balaban J connectivity index is 3.29. The van der Waals surface area contributed by atoms with E-state index in [0.717, 1.165) is 5.06 Å². The van der Waals surface area contributed by atoms with Crippen LogP contribution in [0.25, 0.3) is 0 Å². The predicted octanol–water partition coefficient (Wildman–Crippen LogP) is 1.08. The maximum Gasteiger partial charge on any atom is 0.272 e. The zero-order valence-electron chi connectivity index (χ0n) is 10.7. The molecule has 1 aliphatic rings. The van der Waals surface area contributed by atoms with E-state index in [-0.39, 0.29) is 0 Å². The second-order valence-electron chi connectivity index (χ2n) is 4.91. The van der Waals surface area contributed by atoms with Gasteiger partial charge in [0.25, 0.3) is 5.91 Å². The normalized spacial score (nSPS) is 29.6. The van der Waals surface area contributed by atoms with Gasteiger partial charge in [0.2, 0.25) is 0 Å². The highest BCUT2D eigenvalue weighted by Gasteiger charge is 2.67. The highest BCUT2D eigenvalue weighted by molar-refractivity contribution is 5.06. The summed E-state index contributed by atoms with van der Waals surface area (Å²) in [6.45, 7) is 7.76. The third-order valence-corrected chi connectivity index (χ3v) is 3.78. The van der Waals surface area contributed by atoms with Crippen molar-refractivity contribution in [3.8, 4) is 0 Å². The fourth-order valence-corrected chi connectivity index (χ4v) is 2.41. The monoisotopic (exact) mass is 218 g/mol. The van der Waals surface area contributed by atoms with Crippen LogP contribution in [0.2, 0.25) is 0 Å². The van der Waals surface area contributed by atoms with Crippen LogP contribution < -0.4 is 0 Å². The third-order valence-electron chi connectivity index (χ3n) is 3.78. The Morgan fingerprint density at radius 1 is 1.00 bits per heavy atom. The van der Waals surface area contributed by atoms with Gasteiger partial charge in [-0.2, -0.15) is 0 Å². The van der Waals surface area contributed by atoms with Crippen LogP contribution in [0.5, 0.6) is 0 Å². The van der Waals surface area contributed by atoms with E-state index in [4.69, 9.17) is 9.47 Å². The molecule has 1 N–H and O–H groups in total. The zero-order chi connectivity index (χ0) is 12.1. The molecule has 1 fully saturated rings. The van der Waals surface area contributed by atoms with Gasteiger partial charge in [0.1, 0.15) is 0 Å². The number of nitrogens with zero attached hydrogens (tertiary/aromatic N) is 2. The van der Waals surface area contributed by atoms with Gasteiger partial charge in [-0.05, 0) is 34.7 Å². The largest absolute Gasteiger partial charge is 0.338 e. The van der Waals surface area contributed by atoms with Crippen molar-refractivity contribution < 1.29 is 14.7 Å². The van der Waals surface area contributed by atoms with E-state index in [9.17, 15) is 5.21 Å². The maximum absolute atomic E-state index is 10.2. The highest BCUT2D eigenvalue weighted by atomic mass is 16.8. The first-order chi connectivity index (χ1) is 6.68. The Morgan fingerprint density at radius 2 is 1.40 bits per heavy atom. The average molecular weight is 218 g/mol. The minimum absolute atomic E-state index is 0.464. The van der Waals surface area contributed by atoms with Crippen molar-refractivity contribution in [1.82, 2.24) is 9.96 Å². The molecule has 0 aromatic rings. The molecule has 0 spiro atoms. The number of ether oxygens (including phenoxy) is 2. The number of likely N-dealkylation sites (N-methyl/N-ethyl adjacent to an activating group) is 1. The molecule has 0 aliphatic carbocycles. The molecule has 0 aromatic heterocycles. The molecule has 0 bridgehead atoms. The fraction of sp³-hybridized carbons (Fsp3) is 1.00. The Hall–Kier alpha value is -0.200. The molecule has 1 saturated heterocycles. The summed E-state index contributed by atoms with van der Waals surface area (Å²) in [5.74, 6) is -1.15. The highest BCUT2D eigenvalue weighted by Crippen LogP contribution is 2.47. The van der Waals surface area contributed by atoms with Crippen LogP contribution in [-0.4, -0.2) is 53.6 Å². The predicted molar refractivity (Wildman–Crippen MR) is 56.3 cm³/mol. The van der Waals surface area contributed by atoms with Crippen LogP contribution in [0.4, 0.5) is 0 Å². The van der Waals surface area contributed by atoms with Crippen molar-refractivity contribution in [2.24, 2.45) is 0 Å². The second-order valence-corrected chi connectivity index (χ2v) is 4.91. The van der Waals surface area contributed by atoms with E-state index in [1.807, 2.05) is 39.6 Å². The first-order valence-corrected chi connectivity index (χ1v) is 5.02. The molecule has 5 heteroatoms. The van der Waals surface area contributed by atoms with E-state index < -0.39 is 17.1 Å². The average Bonchev–Trinajstić information content (AvgIpc) is 2.26. The van der Waals surface area contributed by atoms with Crippen LogP contribution in [-0.2, 0) is 9.47 Å². The van der Waals surface area contributed by atoms with Gasteiger partial charge in [-0.3, -0.25) is 4.90 Å². The second kappa shape index (κ2) is 3.40. The summed E-state index contributed by atoms with van der Waals surface area (Å²) in [7, 11) is 5.00. The lowest BCUT2D eigenvalue weighted by molar-refractivity contribution is -0.394. The molecule has 0 atom stereocenters. The van der Waals surface area contributed by atoms with Gasteiger partial charge in [-0.15, -0.1) is 5.06 Å². The van der Waals surface area contributed by atoms with Gasteiger partial charge >= 0.3 is 0 Å². The van der Waals surface area contributed by atoms with Crippen molar-refractivity contribution >= 4 is 0 Å². The number of rotatable bonds is 2. The van der Waals surface area contributed by atoms with E-state index in [2.05, 4.69) is 0 Å². The molecular formula is C10H22N2O3. The summed E-state index contributed by atoms with van der Waals surface area (Å²) >= 11 is 0. The van der Waals surface area contributed by atoms with Gasteiger partial charge in [0, 0.05) is 14.2 Å². The summed E-state index contributed by atoms with van der Waals surface area (Å²) in [6, 6.07) is 0. The van der Waals surface area contributed by atoms with Crippen LogP contribution in [0.15, 0.2) is 0 Å². The summed E-state index contributed by atoms with van der Waals surface area (Å²) in [5.41, 5.74) is -1.01. The summed E-state index contributed by atoms with van der Waals surface area (Å²) < 4.78 is 10.8. The van der Waals surface area contributed by atoms with Crippen LogP contribution in [0.1, 0.15) is 27.7 Å². The minimum atomic E-state index is -1.15. The molecule has 15 heavy (non-hydrogen) atoms. The Kier molecular flexibility index (Phi) is 2.91. The van der Waals surface area contributed by atoms with Crippen molar-refractivity contribution in [1.29, 1.82) is 0 Å². The van der Waals surface area contributed by atoms with E-state index >= 15 is 0 Å². The summed E-state index contributed by atoms with van der Waals surface area (Å²) in [5, 5.41) is 11.3. The lowest BCUT2D eigenvalue weighted by atomic mass is 10.00. The van der Waals surface area contributed by atoms with Gasteiger partial charge in [-0.25, -0.2) is 0 Å². The molecule has 90 valence electrons. The van der Waals surface area contributed by atoms with Crippen molar-refractivity contribution in [2.75, 3.05) is 21.3 Å². The smallest absolute Gasteiger partial charge is 0.272 e. The maximum atomic E-state index is 10.2. The van der Waals surface area contributed by atoms with Crippen molar-refractivity contribution in [3.05, 3.63) is 0 Å². The molecule has 0 saturated carbocycles. The van der Waals surface area contributed by atoms with E-state index in [1.54, 1.807) is 0 Å². The standard InChI is InChI=1S/C10H22N2O3/c1-8(2)10(14-6,15-7)12(13)9(3,4)11(8)5/h13H,1-7H3. The van der Waals surface area contributed by atoms with Gasteiger partial charge in [0.05, 0.1) is 11.2 Å². The lowest BCUT2D eigenvalue weighted by Crippen LogP contribution is -2.60. The first kappa shape index (κ1) is 12.9. The van der Waals surface area contributed by atoms with Crippen LogP contribution in [0.3, 0.4) is 0 Å². The molecule has 0 unspecified atom stereocenters. The van der Waals surface area contributed by atoms with E-state index in [0.29, 0.717) is 0 Å². The minimum Gasteiger partial charge on any atom is -0.338 e. The van der Waals surface area contributed by atoms with Crippen LogP contribution >= 0.6 is 0 Å². The Morgan fingerprint density at radius 3 is 1.53 bits per heavy atom. The van der Waals surface area contributed by atoms with Gasteiger partial charge in [0.15, 0.2) is 0 Å². The number of hydrogen-bond donors (Lipinski definition) is 1. The number of methoxy groups -OCH3 is 2. The number of hydrogen-bond acceptors (Lipinski definition) is 5. The topological polar surface area (TPSA) is 45.2 Å². The number of hydroxylamine groups is 2.